The summed E-state index contributed by atoms with van der Waals surface area (Å²) in [6, 6.07) is 22.5. The Hall–Kier alpha value is -4.18. The van der Waals surface area contributed by atoms with Crippen molar-refractivity contribution in [1.82, 2.24) is 25.2 Å². The summed E-state index contributed by atoms with van der Waals surface area (Å²) >= 11 is 12.1. The quantitative estimate of drug-likeness (QED) is 0.211. The summed E-state index contributed by atoms with van der Waals surface area (Å²) in [5, 5.41) is 12.9. The van der Waals surface area contributed by atoms with Gasteiger partial charge in [0.1, 0.15) is 29.2 Å². The first-order chi connectivity index (χ1) is 20.9. The maximum atomic E-state index is 13.0. The topological polar surface area (TPSA) is 102 Å². The minimum atomic E-state index is -0.686. The molecule has 1 aliphatic rings. The molecule has 1 aliphatic heterocycles. The van der Waals surface area contributed by atoms with E-state index in [4.69, 9.17) is 32.4 Å². The average molecular weight is 619 g/mol. The van der Waals surface area contributed by atoms with E-state index in [1.165, 1.54) is 5.56 Å². The van der Waals surface area contributed by atoms with Crippen LogP contribution in [0.4, 0.5) is 0 Å². The van der Waals surface area contributed by atoms with Crippen LogP contribution < -0.4 is 15.7 Å². The number of ether oxygens (including phenoxy) is 1. The van der Waals surface area contributed by atoms with E-state index in [1.807, 2.05) is 24.3 Å². The third-order valence-electron chi connectivity index (χ3n) is 7.43. The van der Waals surface area contributed by atoms with Crippen molar-refractivity contribution in [3.63, 3.8) is 0 Å². The van der Waals surface area contributed by atoms with Crippen LogP contribution in [-0.4, -0.2) is 44.9 Å². The molecule has 6 rings (SSSR count). The fourth-order valence-corrected chi connectivity index (χ4v) is 5.46. The second-order valence-corrected chi connectivity index (χ2v) is 11.4. The number of hydrogen-bond acceptors (Lipinski definition) is 7. The van der Waals surface area contributed by atoms with E-state index < -0.39 is 11.5 Å². The number of halogens is 2. The van der Waals surface area contributed by atoms with E-state index >= 15 is 0 Å². The number of nitrogens with one attached hydrogen (secondary N) is 1. The smallest absolute Gasteiger partial charge is 0.349 e. The number of carbonyl (C=O) groups excluding carboxylic acids is 1. The summed E-state index contributed by atoms with van der Waals surface area (Å²) in [5.74, 6) is 0.0793. The van der Waals surface area contributed by atoms with Gasteiger partial charge in [-0.05, 0) is 54.3 Å². The molecule has 1 fully saturated rings. The molecule has 11 heteroatoms. The molecule has 1 saturated heterocycles. The van der Waals surface area contributed by atoms with Crippen LogP contribution in [0.5, 0.6) is 5.75 Å². The van der Waals surface area contributed by atoms with Gasteiger partial charge >= 0.3 is 5.63 Å². The Labute approximate surface area is 258 Å². The van der Waals surface area contributed by atoms with Crippen LogP contribution in [0.25, 0.3) is 11.0 Å². The van der Waals surface area contributed by atoms with Gasteiger partial charge < -0.3 is 14.5 Å². The van der Waals surface area contributed by atoms with Crippen molar-refractivity contribution in [2.45, 2.75) is 38.6 Å². The maximum absolute atomic E-state index is 13.0. The third kappa shape index (κ3) is 7.25. The molecule has 1 N–H and O–H groups in total. The summed E-state index contributed by atoms with van der Waals surface area (Å²) < 4.78 is 13.1. The number of fused-ring (bicyclic) bond motifs is 1. The van der Waals surface area contributed by atoms with Crippen molar-refractivity contribution in [3.05, 3.63) is 122 Å². The molecule has 0 spiro atoms. The Morgan fingerprint density at radius 3 is 2.56 bits per heavy atom. The fourth-order valence-electron chi connectivity index (χ4n) is 5.14. The van der Waals surface area contributed by atoms with Crippen LogP contribution in [0.3, 0.4) is 0 Å². The Bertz CT molecular complexity index is 1800. The zero-order valence-electron chi connectivity index (χ0n) is 23.2. The van der Waals surface area contributed by atoms with Crippen molar-refractivity contribution in [1.29, 1.82) is 0 Å². The minimum Gasteiger partial charge on any atom is -0.487 e. The van der Waals surface area contributed by atoms with Crippen LogP contribution in [0, 0.1) is 0 Å². The van der Waals surface area contributed by atoms with E-state index in [0.29, 0.717) is 39.0 Å². The predicted octanol–water partition coefficient (Wildman–Crippen LogP) is 5.71. The number of likely N-dealkylation sites (tertiary alicyclic amines) is 1. The highest BCUT2D eigenvalue weighted by Crippen LogP contribution is 2.24. The number of piperidine rings is 1. The summed E-state index contributed by atoms with van der Waals surface area (Å²) in [5.41, 5.74) is 2.47. The van der Waals surface area contributed by atoms with Crippen molar-refractivity contribution in [2.75, 3.05) is 13.1 Å². The molecular weight excluding hydrogens is 589 g/mol. The predicted molar refractivity (Wildman–Crippen MR) is 165 cm³/mol. The monoisotopic (exact) mass is 617 g/mol. The largest absolute Gasteiger partial charge is 0.487 e. The molecule has 3 heterocycles. The van der Waals surface area contributed by atoms with Gasteiger partial charge in [-0.3, -0.25) is 9.69 Å². The Kier molecular flexibility index (Phi) is 8.74. The standard InChI is InChI=1S/C32H29Cl2N5O4/c33-28-9-6-22(14-29(28)34)18-39-19-25(36-37-39)20-42-26-8-7-23-15-27(32(41)43-30(23)16-26)31(40)35-24-10-12-38(13-11-24)17-21-4-2-1-3-5-21/h1-9,14-16,19,24H,10-13,17-18,20H2,(H,35,40). The maximum Gasteiger partial charge on any atom is 0.349 e. The van der Waals surface area contributed by atoms with Crippen LogP contribution in [0.15, 0.2) is 88.2 Å². The first kappa shape index (κ1) is 28.9. The summed E-state index contributed by atoms with van der Waals surface area (Å²) in [7, 11) is 0. The lowest BCUT2D eigenvalue weighted by Gasteiger charge is -2.32. The van der Waals surface area contributed by atoms with Gasteiger partial charge in [-0.15, -0.1) is 5.10 Å². The van der Waals surface area contributed by atoms with Crippen molar-refractivity contribution in [2.24, 2.45) is 0 Å². The first-order valence-corrected chi connectivity index (χ1v) is 14.8. The minimum absolute atomic E-state index is 0.00681. The van der Waals surface area contributed by atoms with E-state index in [-0.39, 0.29) is 18.2 Å². The molecule has 5 aromatic rings. The molecular formula is C32H29Cl2N5O4. The lowest BCUT2D eigenvalue weighted by Crippen LogP contribution is -2.45. The fraction of sp³-hybridized carbons (Fsp3) is 0.250. The highest BCUT2D eigenvalue weighted by molar-refractivity contribution is 6.42. The van der Waals surface area contributed by atoms with Crippen molar-refractivity contribution in [3.8, 4) is 5.75 Å². The highest BCUT2D eigenvalue weighted by Gasteiger charge is 2.23. The van der Waals surface area contributed by atoms with Gasteiger partial charge in [0.2, 0.25) is 0 Å². The number of carbonyl (C=O) groups is 1. The van der Waals surface area contributed by atoms with E-state index in [9.17, 15) is 9.59 Å². The van der Waals surface area contributed by atoms with E-state index in [1.54, 1.807) is 47.3 Å². The van der Waals surface area contributed by atoms with Crippen LogP contribution in [-0.2, 0) is 19.7 Å². The summed E-state index contributed by atoms with van der Waals surface area (Å²) in [4.78, 5) is 28.1. The molecule has 0 saturated carbocycles. The molecule has 3 aromatic carbocycles. The first-order valence-electron chi connectivity index (χ1n) is 14.0. The number of hydrogen-bond donors (Lipinski definition) is 1. The molecule has 2 aromatic heterocycles. The third-order valence-corrected chi connectivity index (χ3v) is 8.16. The molecule has 0 bridgehead atoms. The molecule has 220 valence electrons. The number of nitrogens with zero attached hydrogens (tertiary/aromatic N) is 4. The Morgan fingerprint density at radius 1 is 0.953 bits per heavy atom. The molecule has 0 aliphatic carbocycles. The van der Waals surface area contributed by atoms with E-state index in [0.717, 1.165) is 38.0 Å². The Balaban J connectivity index is 1.03. The van der Waals surface area contributed by atoms with Gasteiger partial charge in [-0.2, -0.15) is 0 Å². The van der Waals surface area contributed by atoms with Gasteiger partial charge in [0.15, 0.2) is 0 Å². The normalized spacial score (nSPS) is 14.2. The van der Waals surface area contributed by atoms with Gasteiger partial charge in [-0.25, -0.2) is 9.48 Å². The lowest BCUT2D eigenvalue weighted by molar-refractivity contribution is 0.0905. The molecule has 0 atom stereocenters. The van der Waals surface area contributed by atoms with Crippen LogP contribution >= 0.6 is 23.2 Å². The Morgan fingerprint density at radius 2 is 1.77 bits per heavy atom. The van der Waals surface area contributed by atoms with Crippen molar-refractivity contribution < 1.29 is 13.9 Å². The molecule has 0 radical (unpaired) electrons. The van der Waals surface area contributed by atoms with Gasteiger partial charge in [0.05, 0.1) is 22.8 Å². The van der Waals surface area contributed by atoms with Gasteiger partial charge in [0, 0.05) is 37.1 Å². The van der Waals surface area contributed by atoms with E-state index in [2.05, 4.69) is 32.7 Å². The SMILES string of the molecule is O=C(NC1CCN(Cc2ccccc2)CC1)c1cc2ccc(OCc3cn(Cc4ccc(Cl)c(Cl)c4)nn3)cc2oc1=O. The summed E-state index contributed by atoms with van der Waals surface area (Å²) in [6.45, 7) is 3.29. The van der Waals surface area contributed by atoms with Crippen molar-refractivity contribution >= 4 is 40.1 Å². The van der Waals surface area contributed by atoms with Gasteiger partial charge in [0.25, 0.3) is 5.91 Å². The highest BCUT2D eigenvalue weighted by atomic mass is 35.5. The number of aromatic nitrogens is 3. The zero-order valence-corrected chi connectivity index (χ0v) is 24.7. The number of amides is 1. The summed E-state index contributed by atoms with van der Waals surface area (Å²) in [6.07, 6.45) is 3.42. The molecule has 0 unspecified atom stereocenters. The number of benzene rings is 3. The average Bonchev–Trinajstić information content (AvgIpc) is 3.46. The molecule has 9 nitrogen and oxygen atoms in total. The van der Waals surface area contributed by atoms with Gasteiger partial charge in [-0.1, -0.05) is 64.8 Å². The molecule has 43 heavy (non-hydrogen) atoms. The lowest BCUT2D eigenvalue weighted by atomic mass is 10.0. The zero-order chi connectivity index (χ0) is 29.8. The second kappa shape index (κ2) is 13.0. The van der Waals surface area contributed by atoms with Crippen LogP contribution in [0.1, 0.15) is 40.0 Å². The van der Waals surface area contributed by atoms with Crippen LogP contribution in [0.2, 0.25) is 10.0 Å². The molecule has 1 amide bonds. The number of rotatable bonds is 9. The second-order valence-electron chi connectivity index (χ2n) is 10.6.